The zero-order valence-corrected chi connectivity index (χ0v) is 13.1. The molecular weight excluding hydrogens is 232 g/mol. The van der Waals surface area contributed by atoms with Gasteiger partial charge in [0.25, 0.3) is 0 Å². The second-order valence-electron chi connectivity index (χ2n) is 5.55. The van der Waals surface area contributed by atoms with Gasteiger partial charge in [-0.15, -0.1) is 0 Å². The molecule has 1 aromatic rings. The molecule has 0 saturated carbocycles. The monoisotopic (exact) mass is 262 g/mol. The van der Waals surface area contributed by atoms with E-state index in [0.717, 1.165) is 19.6 Å². The molecule has 0 heterocycles. The molecule has 0 bridgehead atoms. The minimum atomic E-state index is 0.663. The molecule has 1 N–H and O–H groups in total. The summed E-state index contributed by atoms with van der Waals surface area (Å²) in [6, 6.07) is 9.68. The fraction of sp³-hybridized carbons (Fsp3) is 0.647. The Bertz CT molecular complexity index is 332. The van der Waals surface area contributed by atoms with Crippen LogP contribution in [0.5, 0.6) is 0 Å². The van der Waals surface area contributed by atoms with E-state index in [2.05, 4.69) is 62.3 Å². The molecule has 19 heavy (non-hydrogen) atoms. The van der Waals surface area contributed by atoms with Gasteiger partial charge in [0.2, 0.25) is 0 Å². The molecule has 0 aliphatic carbocycles. The molecule has 0 spiro atoms. The minimum Gasteiger partial charge on any atom is -0.313 e. The summed E-state index contributed by atoms with van der Waals surface area (Å²) < 4.78 is 0. The molecular formula is C17H30N2. The molecule has 1 atom stereocenters. The van der Waals surface area contributed by atoms with Gasteiger partial charge >= 0.3 is 0 Å². The normalized spacial score (nSPS) is 12.9. The van der Waals surface area contributed by atoms with Gasteiger partial charge in [0, 0.05) is 19.1 Å². The third-order valence-corrected chi connectivity index (χ3v) is 3.67. The molecule has 0 aliphatic rings. The van der Waals surface area contributed by atoms with Crippen molar-refractivity contribution in [3.8, 4) is 0 Å². The lowest BCUT2D eigenvalue weighted by atomic mass is 10.1. The first-order valence-electron chi connectivity index (χ1n) is 7.66. The number of rotatable bonds is 9. The van der Waals surface area contributed by atoms with Gasteiger partial charge in [0.05, 0.1) is 0 Å². The number of benzene rings is 1. The van der Waals surface area contributed by atoms with Gasteiger partial charge < -0.3 is 5.32 Å². The first-order chi connectivity index (χ1) is 9.17. The molecule has 0 saturated heterocycles. The summed E-state index contributed by atoms with van der Waals surface area (Å²) in [5.74, 6) is 0. The minimum absolute atomic E-state index is 0.663. The fourth-order valence-electron chi connectivity index (χ4n) is 2.25. The second-order valence-corrected chi connectivity index (χ2v) is 5.55. The third kappa shape index (κ3) is 6.22. The maximum atomic E-state index is 3.44. The summed E-state index contributed by atoms with van der Waals surface area (Å²) in [7, 11) is 2.22. The molecule has 0 fully saturated rings. The van der Waals surface area contributed by atoms with Crippen molar-refractivity contribution in [3.05, 3.63) is 35.4 Å². The van der Waals surface area contributed by atoms with Crippen LogP contribution in [0.1, 0.15) is 51.2 Å². The average Bonchev–Trinajstić information content (AvgIpc) is 2.41. The summed E-state index contributed by atoms with van der Waals surface area (Å²) in [5, 5.41) is 3.44. The lowest BCUT2D eigenvalue weighted by Gasteiger charge is -2.24. The Morgan fingerprint density at radius 1 is 1.05 bits per heavy atom. The van der Waals surface area contributed by atoms with Crippen molar-refractivity contribution in [2.75, 3.05) is 13.6 Å². The number of hydrogen-bond donors (Lipinski definition) is 1. The van der Waals surface area contributed by atoms with Gasteiger partial charge in [-0.1, -0.05) is 44.5 Å². The zero-order chi connectivity index (χ0) is 14.1. The van der Waals surface area contributed by atoms with E-state index in [1.165, 1.54) is 30.4 Å². The van der Waals surface area contributed by atoms with E-state index in [9.17, 15) is 0 Å². The third-order valence-electron chi connectivity index (χ3n) is 3.67. The van der Waals surface area contributed by atoms with E-state index in [1.54, 1.807) is 0 Å². The van der Waals surface area contributed by atoms with Gasteiger partial charge in [-0.2, -0.15) is 0 Å². The molecule has 0 aromatic heterocycles. The Morgan fingerprint density at radius 2 is 1.68 bits per heavy atom. The Hall–Kier alpha value is -0.860. The van der Waals surface area contributed by atoms with Crippen LogP contribution < -0.4 is 5.32 Å². The van der Waals surface area contributed by atoms with Crippen LogP contribution >= 0.6 is 0 Å². The highest BCUT2D eigenvalue weighted by Crippen LogP contribution is 2.11. The Labute approximate surface area is 119 Å². The van der Waals surface area contributed by atoms with Gasteiger partial charge in [0.1, 0.15) is 0 Å². The van der Waals surface area contributed by atoms with Crippen LogP contribution in [-0.2, 0) is 13.1 Å². The molecule has 1 rings (SSSR count). The first kappa shape index (κ1) is 16.2. The Balaban J connectivity index is 2.43. The van der Waals surface area contributed by atoms with Crippen molar-refractivity contribution in [2.24, 2.45) is 0 Å². The van der Waals surface area contributed by atoms with Gasteiger partial charge in [-0.3, -0.25) is 4.90 Å². The molecule has 0 radical (unpaired) electrons. The quantitative estimate of drug-likeness (QED) is 0.681. The number of hydrogen-bond acceptors (Lipinski definition) is 2. The highest BCUT2D eigenvalue weighted by molar-refractivity contribution is 5.22. The van der Waals surface area contributed by atoms with Gasteiger partial charge in [0.15, 0.2) is 0 Å². The number of nitrogens with zero attached hydrogens (tertiary/aromatic N) is 1. The summed E-state index contributed by atoms with van der Waals surface area (Å²) in [6.07, 6.45) is 3.72. The van der Waals surface area contributed by atoms with Gasteiger partial charge in [-0.25, -0.2) is 0 Å². The average molecular weight is 262 g/mol. The summed E-state index contributed by atoms with van der Waals surface area (Å²) in [4.78, 5) is 2.44. The van der Waals surface area contributed by atoms with Gasteiger partial charge in [-0.05, 0) is 44.5 Å². The zero-order valence-electron chi connectivity index (χ0n) is 13.1. The molecule has 108 valence electrons. The lowest BCUT2D eigenvalue weighted by molar-refractivity contribution is 0.237. The smallest absolute Gasteiger partial charge is 0.0233 e. The van der Waals surface area contributed by atoms with Crippen molar-refractivity contribution in [3.63, 3.8) is 0 Å². The lowest BCUT2D eigenvalue weighted by Crippen LogP contribution is -2.28. The van der Waals surface area contributed by atoms with Crippen LogP contribution in [0.3, 0.4) is 0 Å². The van der Waals surface area contributed by atoms with Crippen LogP contribution in [0, 0.1) is 0 Å². The van der Waals surface area contributed by atoms with Crippen molar-refractivity contribution in [1.82, 2.24) is 10.2 Å². The topological polar surface area (TPSA) is 15.3 Å². The SMILES string of the molecule is CCCNCc1ccc(CN(C)C(C)CCC)cc1. The maximum Gasteiger partial charge on any atom is 0.0233 e. The van der Waals surface area contributed by atoms with E-state index in [0.29, 0.717) is 6.04 Å². The first-order valence-corrected chi connectivity index (χ1v) is 7.66. The standard InChI is InChI=1S/C17H30N2/c1-5-7-15(3)19(4)14-17-10-8-16(9-11-17)13-18-12-6-2/h8-11,15,18H,5-7,12-14H2,1-4H3. The predicted molar refractivity (Wildman–Crippen MR) is 84.3 cm³/mol. The largest absolute Gasteiger partial charge is 0.313 e. The van der Waals surface area contributed by atoms with Crippen molar-refractivity contribution < 1.29 is 0 Å². The van der Waals surface area contributed by atoms with E-state index in [1.807, 2.05) is 0 Å². The number of nitrogens with one attached hydrogen (secondary N) is 1. The molecule has 0 amide bonds. The summed E-state index contributed by atoms with van der Waals surface area (Å²) >= 11 is 0. The van der Waals surface area contributed by atoms with E-state index in [4.69, 9.17) is 0 Å². The van der Waals surface area contributed by atoms with Crippen LogP contribution in [-0.4, -0.2) is 24.5 Å². The van der Waals surface area contributed by atoms with Crippen molar-refractivity contribution in [1.29, 1.82) is 0 Å². The molecule has 2 nitrogen and oxygen atoms in total. The van der Waals surface area contributed by atoms with Crippen LogP contribution in [0.2, 0.25) is 0 Å². The van der Waals surface area contributed by atoms with E-state index >= 15 is 0 Å². The Kier molecular flexibility index (Phi) is 7.76. The second kappa shape index (κ2) is 9.11. The summed E-state index contributed by atoms with van der Waals surface area (Å²) in [5.41, 5.74) is 2.78. The molecule has 1 unspecified atom stereocenters. The van der Waals surface area contributed by atoms with Crippen LogP contribution in [0.4, 0.5) is 0 Å². The Morgan fingerprint density at radius 3 is 2.26 bits per heavy atom. The fourth-order valence-corrected chi connectivity index (χ4v) is 2.25. The van der Waals surface area contributed by atoms with E-state index < -0.39 is 0 Å². The molecule has 1 aromatic carbocycles. The van der Waals surface area contributed by atoms with Crippen LogP contribution in [0.15, 0.2) is 24.3 Å². The highest BCUT2D eigenvalue weighted by Gasteiger charge is 2.08. The maximum absolute atomic E-state index is 3.44. The molecule has 2 heteroatoms. The van der Waals surface area contributed by atoms with E-state index in [-0.39, 0.29) is 0 Å². The van der Waals surface area contributed by atoms with Crippen LogP contribution in [0.25, 0.3) is 0 Å². The predicted octanol–water partition coefficient (Wildman–Crippen LogP) is 3.81. The summed E-state index contributed by atoms with van der Waals surface area (Å²) in [6.45, 7) is 9.89. The molecule has 0 aliphatic heterocycles. The highest BCUT2D eigenvalue weighted by atomic mass is 15.1. The van der Waals surface area contributed by atoms with Crippen molar-refractivity contribution >= 4 is 0 Å². The van der Waals surface area contributed by atoms with Crippen molar-refractivity contribution in [2.45, 2.75) is 59.2 Å².